The van der Waals surface area contributed by atoms with Gasteiger partial charge in [0.2, 0.25) is 0 Å². The maximum Gasteiger partial charge on any atom is 0.336 e. The summed E-state index contributed by atoms with van der Waals surface area (Å²) in [6, 6.07) is 7.64. The highest BCUT2D eigenvalue weighted by Crippen LogP contribution is 2.25. The van der Waals surface area contributed by atoms with Gasteiger partial charge < -0.3 is 5.11 Å². The first-order valence-electron chi connectivity index (χ1n) is 6.73. The van der Waals surface area contributed by atoms with Crippen LogP contribution in [0.1, 0.15) is 54.7 Å². The van der Waals surface area contributed by atoms with Crippen molar-refractivity contribution in [3.05, 3.63) is 41.1 Å². The summed E-state index contributed by atoms with van der Waals surface area (Å²) in [6.45, 7) is 6.26. The van der Waals surface area contributed by atoms with E-state index in [0.717, 1.165) is 29.4 Å². The first-order valence-corrected chi connectivity index (χ1v) is 6.73. The number of carbonyl (C=O) groups is 1. The number of rotatable bonds is 4. The Kier molecular flexibility index (Phi) is 3.84. The zero-order valence-electron chi connectivity index (χ0n) is 11.6. The van der Waals surface area contributed by atoms with Gasteiger partial charge in [-0.25, -0.2) is 4.79 Å². The smallest absolute Gasteiger partial charge is 0.336 e. The van der Waals surface area contributed by atoms with E-state index in [1.54, 1.807) is 6.07 Å². The molecule has 2 rings (SSSR count). The zero-order valence-corrected chi connectivity index (χ0v) is 11.6. The molecule has 1 aromatic heterocycles. The van der Waals surface area contributed by atoms with Gasteiger partial charge in [0.05, 0.1) is 11.1 Å². The van der Waals surface area contributed by atoms with Crippen molar-refractivity contribution in [2.75, 3.05) is 0 Å². The Bertz CT molecular complexity index is 619. The summed E-state index contributed by atoms with van der Waals surface area (Å²) in [5.41, 5.74) is 3.11. The first kappa shape index (κ1) is 13.5. The number of aryl methyl sites for hydroxylation is 1. The second kappa shape index (κ2) is 5.39. The highest BCUT2D eigenvalue weighted by atomic mass is 16.4. The van der Waals surface area contributed by atoms with Crippen LogP contribution in [0, 0.1) is 0 Å². The van der Waals surface area contributed by atoms with E-state index < -0.39 is 5.97 Å². The van der Waals surface area contributed by atoms with Crippen molar-refractivity contribution >= 4 is 16.9 Å². The molecule has 3 heteroatoms. The van der Waals surface area contributed by atoms with Gasteiger partial charge in [0.15, 0.2) is 0 Å². The molecule has 0 bridgehead atoms. The molecule has 0 saturated heterocycles. The Labute approximate surface area is 113 Å². The van der Waals surface area contributed by atoms with Crippen LogP contribution in [-0.2, 0) is 6.42 Å². The summed E-state index contributed by atoms with van der Waals surface area (Å²) in [5.74, 6) is -0.458. The number of hydrogen-bond acceptors (Lipinski definition) is 2. The lowest BCUT2D eigenvalue weighted by Crippen LogP contribution is -2.02. The Morgan fingerprint density at radius 2 is 2.05 bits per heavy atom. The van der Waals surface area contributed by atoms with Crippen molar-refractivity contribution in [1.82, 2.24) is 4.98 Å². The number of aromatic nitrogens is 1. The molecule has 1 atom stereocenters. The fourth-order valence-electron chi connectivity index (χ4n) is 2.20. The quantitative estimate of drug-likeness (QED) is 0.900. The molecule has 0 saturated carbocycles. The molecule has 1 aromatic carbocycles. The van der Waals surface area contributed by atoms with Gasteiger partial charge in [0, 0.05) is 11.1 Å². The molecular weight excluding hydrogens is 238 g/mol. The van der Waals surface area contributed by atoms with E-state index in [2.05, 4.69) is 24.9 Å². The molecule has 0 aliphatic carbocycles. The lowest BCUT2D eigenvalue weighted by Gasteiger charge is -2.12. The molecule has 100 valence electrons. The SMILES string of the molecule is CCc1cc(C(=O)O)c2cc(C(C)CC)ccc2n1. The van der Waals surface area contributed by atoms with Crippen LogP contribution in [0.3, 0.4) is 0 Å². The maximum absolute atomic E-state index is 11.4. The van der Waals surface area contributed by atoms with Crippen LogP contribution < -0.4 is 0 Å². The molecule has 3 nitrogen and oxygen atoms in total. The predicted molar refractivity (Wildman–Crippen MR) is 76.8 cm³/mol. The van der Waals surface area contributed by atoms with Gasteiger partial charge in [-0.2, -0.15) is 0 Å². The predicted octanol–water partition coefficient (Wildman–Crippen LogP) is 4.01. The largest absolute Gasteiger partial charge is 0.478 e. The Hall–Kier alpha value is -1.90. The van der Waals surface area contributed by atoms with Crippen LogP contribution in [0.4, 0.5) is 0 Å². The van der Waals surface area contributed by atoms with Crippen LogP contribution in [0.2, 0.25) is 0 Å². The van der Waals surface area contributed by atoms with Crippen LogP contribution in [0.5, 0.6) is 0 Å². The number of carboxylic acid groups (broad SMARTS) is 1. The summed E-state index contributed by atoms with van der Waals surface area (Å²) in [7, 11) is 0. The van der Waals surface area contributed by atoms with Gasteiger partial charge in [-0.3, -0.25) is 4.98 Å². The van der Waals surface area contributed by atoms with Crippen LogP contribution >= 0.6 is 0 Å². The van der Waals surface area contributed by atoms with E-state index in [-0.39, 0.29) is 0 Å². The van der Waals surface area contributed by atoms with Gasteiger partial charge >= 0.3 is 5.97 Å². The maximum atomic E-state index is 11.4. The van der Waals surface area contributed by atoms with E-state index in [9.17, 15) is 9.90 Å². The summed E-state index contributed by atoms with van der Waals surface area (Å²) in [5, 5.41) is 10.1. The molecule has 0 fully saturated rings. The number of benzene rings is 1. The minimum atomic E-state index is -0.886. The lowest BCUT2D eigenvalue weighted by atomic mass is 9.95. The number of carboxylic acids is 1. The standard InChI is InChI=1S/C16H19NO2/c1-4-10(3)11-6-7-15-13(8-11)14(16(18)19)9-12(5-2)17-15/h6-10H,4-5H2,1-3H3,(H,18,19). The molecule has 19 heavy (non-hydrogen) atoms. The topological polar surface area (TPSA) is 50.2 Å². The van der Waals surface area contributed by atoms with E-state index in [1.165, 1.54) is 5.56 Å². The highest BCUT2D eigenvalue weighted by Gasteiger charge is 2.13. The third-order valence-corrected chi connectivity index (χ3v) is 3.66. The molecule has 1 N–H and O–H groups in total. The van der Waals surface area contributed by atoms with E-state index in [1.807, 2.05) is 19.1 Å². The Morgan fingerprint density at radius 1 is 1.32 bits per heavy atom. The zero-order chi connectivity index (χ0) is 14.0. The van der Waals surface area contributed by atoms with Crippen molar-refractivity contribution < 1.29 is 9.90 Å². The first-order chi connectivity index (χ1) is 9.06. The van der Waals surface area contributed by atoms with Crippen LogP contribution in [-0.4, -0.2) is 16.1 Å². The van der Waals surface area contributed by atoms with Crippen molar-refractivity contribution in [2.24, 2.45) is 0 Å². The summed E-state index contributed by atoms with van der Waals surface area (Å²) in [4.78, 5) is 15.9. The number of nitrogens with zero attached hydrogens (tertiary/aromatic N) is 1. The number of hydrogen-bond donors (Lipinski definition) is 1. The van der Waals surface area contributed by atoms with Gasteiger partial charge in [-0.15, -0.1) is 0 Å². The summed E-state index contributed by atoms with van der Waals surface area (Å²) >= 11 is 0. The average Bonchev–Trinajstić information content (AvgIpc) is 2.44. The Morgan fingerprint density at radius 3 is 2.63 bits per heavy atom. The van der Waals surface area contributed by atoms with Crippen molar-refractivity contribution in [3.63, 3.8) is 0 Å². The summed E-state index contributed by atoms with van der Waals surface area (Å²) in [6.07, 6.45) is 1.78. The van der Waals surface area contributed by atoms with Gasteiger partial charge in [0.25, 0.3) is 0 Å². The third kappa shape index (κ3) is 2.60. The molecule has 0 spiro atoms. The van der Waals surface area contributed by atoms with E-state index in [4.69, 9.17) is 0 Å². The fourth-order valence-corrected chi connectivity index (χ4v) is 2.20. The minimum absolute atomic E-state index is 0.354. The average molecular weight is 257 g/mol. The number of aromatic carboxylic acids is 1. The third-order valence-electron chi connectivity index (χ3n) is 3.66. The molecular formula is C16H19NO2. The molecule has 0 radical (unpaired) electrons. The molecule has 0 aliphatic rings. The van der Waals surface area contributed by atoms with Crippen LogP contribution in [0.25, 0.3) is 10.9 Å². The Balaban J connectivity index is 2.69. The van der Waals surface area contributed by atoms with Gasteiger partial charge in [0.1, 0.15) is 0 Å². The lowest BCUT2D eigenvalue weighted by molar-refractivity contribution is 0.0699. The normalized spacial score (nSPS) is 12.6. The second-order valence-electron chi connectivity index (χ2n) is 4.91. The number of pyridine rings is 1. The summed E-state index contributed by atoms with van der Waals surface area (Å²) < 4.78 is 0. The highest BCUT2D eigenvalue weighted by molar-refractivity contribution is 6.02. The molecule has 2 aromatic rings. The fraction of sp³-hybridized carbons (Fsp3) is 0.375. The molecule has 1 heterocycles. The molecule has 0 amide bonds. The van der Waals surface area contributed by atoms with Crippen molar-refractivity contribution in [2.45, 2.75) is 39.5 Å². The number of fused-ring (bicyclic) bond motifs is 1. The van der Waals surface area contributed by atoms with Gasteiger partial charge in [-0.05, 0) is 42.5 Å². The molecule has 1 unspecified atom stereocenters. The van der Waals surface area contributed by atoms with Crippen molar-refractivity contribution in [3.8, 4) is 0 Å². The minimum Gasteiger partial charge on any atom is -0.478 e. The monoisotopic (exact) mass is 257 g/mol. The van der Waals surface area contributed by atoms with E-state index >= 15 is 0 Å². The second-order valence-corrected chi connectivity index (χ2v) is 4.91. The van der Waals surface area contributed by atoms with E-state index in [0.29, 0.717) is 11.5 Å². The molecule has 0 aliphatic heterocycles. The van der Waals surface area contributed by atoms with Crippen molar-refractivity contribution in [1.29, 1.82) is 0 Å². The van der Waals surface area contributed by atoms with Crippen LogP contribution in [0.15, 0.2) is 24.3 Å². The van der Waals surface area contributed by atoms with Gasteiger partial charge in [-0.1, -0.05) is 26.8 Å².